The van der Waals surface area contributed by atoms with E-state index in [1.165, 1.54) is 6.07 Å². The predicted molar refractivity (Wildman–Crippen MR) is 81.2 cm³/mol. The highest BCUT2D eigenvalue weighted by molar-refractivity contribution is 9.10. The molecular weight excluding hydrogens is 377 g/mol. The first-order valence-corrected chi connectivity index (χ1v) is 8.37. The Morgan fingerprint density at radius 1 is 1.42 bits per heavy atom. The van der Waals surface area contributed by atoms with Gasteiger partial charge in [-0.15, -0.1) is 0 Å². The SMILES string of the molecule is O=C(c1cc(Br)ccc1F)N1CCCCC1CCBr. The highest BCUT2D eigenvalue weighted by Gasteiger charge is 2.28. The summed E-state index contributed by atoms with van der Waals surface area (Å²) in [7, 11) is 0. The van der Waals surface area contributed by atoms with Crippen LogP contribution >= 0.6 is 31.9 Å². The molecule has 19 heavy (non-hydrogen) atoms. The first-order chi connectivity index (χ1) is 9.13. The summed E-state index contributed by atoms with van der Waals surface area (Å²) in [6.07, 6.45) is 4.07. The lowest BCUT2D eigenvalue weighted by Crippen LogP contribution is -2.44. The van der Waals surface area contributed by atoms with E-state index >= 15 is 0 Å². The summed E-state index contributed by atoms with van der Waals surface area (Å²) in [4.78, 5) is 14.3. The maximum Gasteiger partial charge on any atom is 0.257 e. The average Bonchev–Trinajstić information content (AvgIpc) is 2.42. The third-order valence-electron chi connectivity index (χ3n) is 3.49. The molecule has 104 valence electrons. The number of piperidine rings is 1. The minimum absolute atomic E-state index is 0.163. The molecule has 0 saturated carbocycles. The smallest absolute Gasteiger partial charge is 0.257 e. The highest BCUT2D eigenvalue weighted by Crippen LogP contribution is 2.24. The van der Waals surface area contributed by atoms with Gasteiger partial charge >= 0.3 is 0 Å². The first kappa shape index (κ1) is 15.0. The maximum absolute atomic E-state index is 13.8. The highest BCUT2D eigenvalue weighted by atomic mass is 79.9. The van der Waals surface area contributed by atoms with Crippen molar-refractivity contribution in [1.82, 2.24) is 4.90 Å². The van der Waals surface area contributed by atoms with Crippen molar-refractivity contribution in [2.45, 2.75) is 31.7 Å². The topological polar surface area (TPSA) is 20.3 Å². The molecule has 0 bridgehead atoms. The van der Waals surface area contributed by atoms with E-state index in [-0.39, 0.29) is 17.5 Å². The van der Waals surface area contributed by atoms with Crippen LogP contribution in [0.3, 0.4) is 0 Å². The van der Waals surface area contributed by atoms with Gasteiger partial charge in [-0.05, 0) is 43.9 Å². The fourth-order valence-corrected chi connectivity index (χ4v) is 3.40. The van der Waals surface area contributed by atoms with Crippen LogP contribution in [0.4, 0.5) is 4.39 Å². The molecule has 1 saturated heterocycles. The number of carbonyl (C=O) groups excluding carboxylic acids is 1. The largest absolute Gasteiger partial charge is 0.336 e. The van der Waals surface area contributed by atoms with Gasteiger partial charge in [-0.1, -0.05) is 31.9 Å². The second-order valence-corrected chi connectivity index (χ2v) is 6.46. The summed E-state index contributed by atoms with van der Waals surface area (Å²) in [6, 6.07) is 4.73. The molecule has 0 aromatic heterocycles. The maximum atomic E-state index is 13.8. The number of carbonyl (C=O) groups is 1. The number of amides is 1. The molecule has 0 radical (unpaired) electrons. The van der Waals surface area contributed by atoms with E-state index in [9.17, 15) is 9.18 Å². The molecule has 1 atom stereocenters. The zero-order valence-corrected chi connectivity index (χ0v) is 13.7. The fourth-order valence-electron chi connectivity index (χ4n) is 2.51. The summed E-state index contributed by atoms with van der Waals surface area (Å²) < 4.78 is 14.5. The van der Waals surface area contributed by atoms with Crippen LogP contribution < -0.4 is 0 Å². The van der Waals surface area contributed by atoms with Crippen LogP contribution in [0.15, 0.2) is 22.7 Å². The molecule has 1 amide bonds. The van der Waals surface area contributed by atoms with E-state index in [2.05, 4.69) is 31.9 Å². The molecule has 0 spiro atoms. The van der Waals surface area contributed by atoms with E-state index < -0.39 is 5.82 Å². The average molecular weight is 393 g/mol. The van der Waals surface area contributed by atoms with E-state index in [4.69, 9.17) is 0 Å². The van der Waals surface area contributed by atoms with Crippen LogP contribution in [0.1, 0.15) is 36.0 Å². The van der Waals surface area contributed by atoms with E-state index in [0.29, 0.717) is 0 Å². The van der Waals surface area contributed by atoms with E-state index in [1.54, 1.807) is 12.1 Å². The Hall–Kier alpha value is -0.420. The predicted octanol–water partition coefficient (Wildman–Crippen LogP) is 4.37. The van der Waals surface area contributed by atoms with Gasteiger partial charge in [-0.3, -0.25) is 4.79 Å². The third kappa shape index (κ3) is 3.57. The van der Waals surface area contributed by atoms with Crippen LogP contribution in [-0.4, -0.2) is 28.7 Å². The monoisotopic (exact) mass is 391 g/mol. The number of likely N-dealkylation sites (tertiary alicyclic amines) is 1. The zero-order valence-electron chi connectivity index (χ0n) is 10.5. The lowest BCUT2D eigenvalue weighted by molar-refractivity contribution is 0.0605. The Morgan fingerprint density at radius 2 is 2.21 bits per heavy atom. The standard InChI is InChI=1S/C14H16Br2FNO/c15-7-6-11-3-1-2-8-18(11)14(19)12-9-10(16)4-5-13(12)17/h4-5,9,11H,1-3,6-8H2. The van der Waals surface area contributed by atoms with E-state index in [0.717, 1.165) is 42.0 Å². The summed E-state index contributed by atoms with van der Waals surface area (Å²) in [6.45, 7) is 0.725. The Balaban J connectivity index is 2.23. The van der Waals surface area contributed by atoms with Gasteiger partial charge in [0, 0.05) is 22.4 Å². The van der Waals surface area contributed by atoms with Crippen molar-refractivity contribution < 1.29 is 9.18 Å². The molecule has 1 aliphatic rings. The van der Waals surface area contributed by atoms with Gasteiger partial charge in [0.15, 0.2) is 0 Å². The van der Waals surface area contributed by atoms with Crippen molar-refractivity contribution in [3.8, 4) is 0 Å². The summed E-state index contributed by atoms with van der Waals surface area (Å²) >= 11 is 6.71. The third-order valence-corrected chi connectivity index (χ3v) is 4.44. The van der Waals surface area contributed by atoms with Gasteiger partial charge in [-0.2, -0.15) is 0 Å². The van der Waals surface area contributed by atoms with Crippen molar-refractivity contribution >= 4 is 37.8 Å². The molecule has 0 aliphatic carbocycles. The molecule has 0 N–H and O–H groups in total. The second-order valence-electron chi connectivity index (χ2n) is 4.75. The molecular formula is C14H16Br2FNO. The molecule has 1 aromatic carbocycles. The Morgan fingerprint density at radius 3 is 2.95 bits per heavy atom. The molecule has 1 aromatic rings. The summed E-state index contributed by atoms with van der Waals surface area (Å²) in [5.74, 6) is -0.638. The zero-order chi connectivity index (χ0) is 13.8. The lowest BCUT2D eigenvalue weighted by Gasteiger charge is -2.35. The molecule has 1 heterocycles. The van der Waals surface area contributed by atoms with Gasteiger partial charge < -0.3 is 4.90 Å². The second kappa shape index (κ2) is 6.84. The van der Waals surface area contributed by atoms with Gasteiger partial charge in [0.1, 0.15) is 5.82 Å². The van der Waals surface area contributed by atoms with Crippen LogP contribution in [-0.2, 0) is 0 Å². The Kier molecular flexibility index (Phi) is 5.39. The summed E-state index contributed by atoms with van der Waals surface area (Å²) in [5.41, 5.74) is 0.163. The number of rotatable bonds is 3. The number of alkyl halides is 1. The van der Waals surface area contributed by atoms with Crippen molar-refractivity contribution in [1.29, 1.82) is 0 Å². The number of hydrogen-bond donors (Lipinski definition) is 0. The number of benzene rings is 1. The van der Waals surface area contributed by atoms with Crippen LogP contribution in [0, 0.1) is 5.82 Å². The normalized spacial score (nSPS) is 19.5. The van der Waals surface area contributed by atoms with Crippen LogP contribution in [0.25, 0.3) is 0 Å². The van der Waals surface area contributed by atoms with Gasteiger partial charge in [0.05, 0.1) is 5.56 Å². The van der Waals surface area contributed by atoms with Crippen molar-refractivity contribution in [3.05, 3.63) is 34.1 Å². The van der Waals surface area contributed by atoms with Gasteiger partial charge in [0.25, 0.3) is 5.91 Å². The minimum atomic E-state index is -0.448. The van der Waals surface area contributed by atoms with Crippen molar-refractivity contribution in [3.63, 3.8) is 0 Å². The first-order valence-electron chi connectivity index (χ1n) is 6.45. The van der Waals surface area contributed by atoms with Crippen LogP contribution in [0.5, 0.6) is 0 Å². The molecule has 5 heteroatoms. The number of nitrogens with zero attached hydrogens (tertiary/aromatic N) is 1. The molecule has 1 unspecified atom stereocenters. The molecule has 2 nitrogen and oxygen atoms in total. The Labute approximate surface area is 129 Å². The quantitative estimate of drug-likeness (QED) is 0.699. The van der Waals surface area contributed by atoms with Crippen molar-refractivity contribution in [2.75, 3.05) is 11.9 Å². The molecule has 2 rings (SSSR count). The molecule has 1 fully saturated rings. The summed E-state index contributed by atoms with van der Waals surface area (Å²) in [5, 5.41) is 0.864. The minimum Gasteiger partial charge on any atom is -0.336 e. The molecule has 1 aliphatic heterocycles. The number of halogens is 3. The van der Waals surface area contributed by atoms with Gasteiger partial charge in [-0.25, -0.2) is 4.39 Å². The van der Waals surface area contributed by atoms with Crippen molar-refractivity contribution in [2.24, 2.45) is 0 Å². The van der Waals surface area contributed by atoms with E-state index in [1.807, 2.05) is 4.90 Å². The Bertz CT molecular complexity index is 465. The van der Waals surface area contributed by atoms with Gasteiger partial charge in [0.2, 0.25) is 0 Å². The van der Waals surface area contributed by atoms with Crippen LogP contribution in [0.2, 0.25) is 0 Å². The number of hydrogen-bond acceptors (Lipinski definition) is 1. The lowest BCUT2D eigenvalue weighted by atomic mass is 9.99. The fraction of sp³-hybridized carbons (Fsp3) is 0.500.